The Morgan fingerprint density at radius 2 is 2.10 bits per heavy atom. The normalized spacial score (nSPS) is 19.0. The van der Waals surface area contributed by atoms with Crippen molar-refractivity contribution in [1.82, 2.24) is 25.4 Å². The molecule has 3 heterocycles. The molecule has 154 valence electrons. The molecule has 0 spiro atoms. The van der Waals surface area contributed by atoms with Gasteiger partial charge in [-0.2, -0.15) is 5.10 Å². The van der Waals surface area contributed by atoms with Gasteiger partial charge in [-0.1, -0.05) is 38.1 Å². The van der Waals surface area contributed by atoms with Gasteiger partial charge in [0.2, 0.25) is 0 Å². The Morgan fingerprint density at radius 1 is 1.28 bits per heavy atom. The number of aliphatic imine (C=N–C) groups is 1. The number of aryl methyl sites for hydroxylation is 1. The quantitative estimate of drug-likeness (QED) is 0.464. The molecule has 0 bridgehead atoms. The minimum Gasteiger partial charge on any atom is -0.364 e. The van der Waals surface area contributed by atoms with E-state index in [1.807, 2.05) is 7.05 Å². The van der Waals surface area contributed by atoms with E-state index in [0.717, 1.165) is 56.6 Å². The molecule has 1 aromatic heterocycles. The second-order valence-corrected chi connectivity index (χ2v) is 8.08. The van der Waals surface area contributed by atoms with E-state index in [0.29, 0.717) is 12.0 Å². The summed E-state index contributed by atoms with van der Waals surface area (Å²) in [5, 5.41) is 11.7. The minimum atomic E-state index is 0.303. The summed E-state index contributed by atoms with van der Waals surface area (Å²) in [4.78, 5) is 11.4. The van der Waals surface area contributed by atoms with Gasteiger partial charge in [0.1, 0.15) is 5.82 Å². The lowest BCUT2D eigenvalue weighted by Gasteiger charge is -2.25. The number of hydrogen-bond donors (Lipinski definition) is 2. The lowest BCUT2D eigenvalue weighted by Crippen LogP contribution is -2.46. The van der Waals surface area contributed by atoms with Gasteiger partial charge in [-0.15, -0.1) is 0 Å². The van der Waals surface area contributed by atoms with Crippen molar-refractivity contribution in [2.45, 2.75) is 51.7 Å². The van der Waals surface area contributed by atoms with E-state index >= 15 is 0 Å². The monoisotopic (exact) mass is 393 g/mol. The Morgan fingerprint density at radius 3 is 2.86 bits per heavy atom. The molecule has 2 aromatic rings. The van der Waals surface area contributed by atoms with Crippen LogP contribution in [0.15, 0.2) is 41.4 Å². The van der Waals surface area contributed by atoms with Gasteiger partial charge in [0, 0.05) is 50.7 Å². The van der Waals surface area contributed by atoms with Gasteiger partial charge in [0.15, 0.2) is 11.8 Å². The van der Waals surface area contributed by atoms with Crippen molar-refractivity contribution in [3.05, 3.63) is 53.6 Å². The maximum atomic E-state index is 4.67. The molecule has 0 fully saturated rings. The summed E-state index contributed by atoms with van der Waals surface area (Å²) >= 11 is 0. The van der Waals surface area contributed by atoms with Crippen LogP contribution in [0.1, 0.15) is 43.4 Å². The Bertz CT molecular complexity index is 888. The first kappa shape index (κ1) is 19.5. The van der Waals surface area contributed by atoms with Crippen LogP contribution in [0.4, 0.5) is 5.69 Å². The molecule has 7 nitrogen and oxygen atoms in total. The molecule has 0 radical (unpaired) electrons. The molecule has 0 aliphatic carbocycles. The van der Waals surface area contributed by atoms with Crippen molar-refractivity contribution in [2.24, 2.45) is 4.99 Å². The number of hydrogen-bond acceptors (Lipinski definition) is 4. The average molecular weight is 394 g/mol. The summed E-state index contributed by atoms with van der Waals surface area (Å²) in [6.07, 6.45) is 6.41. The third-order valence-electron chi connectivity index (χ3n) is 5.51. The fourth-order valence-electron chi connectivity index (χ4n) is 3.82. The van der Waals surface area contributed by atoms with Gasteiger partial charge in [0.05, 0.1) is 6.54 Å². The average Bonchev–Trinajstić information content (AvgIpc) is 3.41. The summed E-state index contributed by atoms with van der Waals surface area (Å²) in [5.74, 6) is 3.23. The van der Waals surface area contributed by atoms with Crippen molar-refractivity contribution in [1.29, 1.82) is 0 Å². The third kappa shape index (κ3) is 4.60. The van der Waals surface area contributed by atoms with Crippen LogP contribution in [-0.4, -0.2) is 46.9 Å². The second kappa shape index (κ2) is 8.68. The zero-order valence-electron chi connectivity index (χ0n) is 17.6. The number of benzene rings is 1. The van der Waals surface area contributed by atoms with Crippen molar-refractivity contribution in [2.75, 3.05) is 25.0 Å². The van der Waals surface area contributed by atoms with Gasteiger partial charge in [-0.05, 0) is 24.1 Å². The predicted molar refractivity (Wildman–Crippen MR) is 117 cm³/mol. The van der Waals surface area contributed by atoms with E-state index < -0.39 is 0 Å². The highest BCUT2D eigenvalue weighted by Crippen LogP contribution is 2.19. The molecule has 1 unspecified atom stereocenters. The van der Waals surface area contributed by atoms with Crippen LogP contribution < -0.4 is 15.5 Å². The lowest BCUT2D eigenvalue weighted by molar-refractivity contribution is 0.391. The largest absolute Gasteiger partial charge is 0.364 e. The number of aromatic nitrogens is 3. The number of guanidine groups is 1. The molecule has 0 saturated heterocycles. The number of nitrogens with zero attached hydrogens (tertiary/aromatic N) is 5. The summed E-state index contributed by atoms with van der Waals surface area (Å²) < 4.78 is 2.05. The summed E-state index contributed by atoms with van der Waals surface area (Å²) in [6.45, 7) is 7.83. The van der Waals surface area contributed by atoms with E-state index in [1.165, 1.54) is 11.3 Å². The van der Waals surface area contributed by atoms with Gasteiger partial charge in [-0.3, -0.25) is 4.99 Å². The van der Waals surface area contributed by atoms with Crippen molar-refractivity contribution >= 4 is 11.6 Å². The van der Waals surface area contributed by atoms with Gasteiger partial charge < -0.3 is 15.5 Å². The first-order chi connectivity index (χ1) is 14.1. The van der Waals surface area contributed by atoms with Crippen LogP contribution in [-0.2, 0) is 19.5 Å². The van der Waals surface area contributed by atoms with Gasteiger partial charge >= 0.3 is 0 Å². The highest BCUT2D eigenvalue weighted by Gasteiger charge is 2.23. The van der Waals surface area contributed by atoms with E-state index in [4.69, 9.17) is 0 Å². The summed E-state index contributed by atoms with van der Waals surface area (Å²) in [7, 11) is 1.82. The number of anilines is 1. The zero-order valence-corrected chi connectivity index (χ0v) is 17.6. The van der Waals surface area contributed by atoms with Crippen molar-refractivity contribution in [3.63, 3.8) is 0 Å². The highest BCUT2D eigenvalue weighted by molar-refractivity contribution is 5.80. The second-order valence-electron chi connectivity index (χ2n) is 8.08. The highest BCUT2D eigenvalue weighted by atomic mass is 15.4. The molecule has 0 saturated carbocycles. The van der Waals surface area contributed by atoms with E-state index in [2.05, 4.69) is 85.6 Å². The zero-order chi connectivity index (χ0) is 20.2. The fourth-order valence-corrected chi connectivity index (χ4v) is 3.82. The van der Waals surface area contributed by atoms with Crippen LogP contribution in [0.25, 0.3) is 0 Å². The maximum absolute atomic E-state index is 4.67. The van der Waals surface area contributed by atoms with Crippen LogP contribution in [0.5, 0.6) is 0 Å². The molecule has 1 aromatic carbocycles. The molecule has 1 atom stereocenters. The smallest absolute Gasteiger partial charge is 0.191 e. The Hall–Kier alpha value is -2.83. The van der Waals surface area contributed by atoms with E-state index in [1.54, 1.807) is 0 Å². The van der Waals surface area contributed by atoms with Crippen LogP contribution in [0.2, 0.25) is 0 Å². The summed E-state index contributed by atoms with van der Waals surface area (Å²) in [6, 6.07) is 9.01. The third-order valence-corrected chi connectivity index (χ3v) is 5.51. The molecular formula is C22H31N7. The standard InChI is InChI=1S/C22H31N7/c1-16(2)21-26-20-10-9-18(15-29(20)27-21)25-22(23-3)24-14-17-7-6-8-19(13-17)28-11-4-5-12-28/h4-8,13,16,18H,9-12,14-15H2,1-3H3,(H2,23,24,25). The predicted octanol–water partition coefficient (Wildman–Crippen LogP) is 2.46. The molecular weight excluding hydrogens is 362 g/mol. The molecule has 29 heavy (non-hydrogen) atoms. The number of nitrogens with one attached hydrogen (secondary N) is 2. The maximum Gasteiger partial charge on any atom is 0.191 e. The van der Waals surface area contributed by atoms with Crippen LogP contribution in [0, 0.1) is 0 Å². The fraction of sp³-hybridized carbons (Fsp3) is 0.500. The molecule has 4 rings (SSSR count). The Kier molecular flexibility index (Phi) is 5.83. The van der Waals surface area contributed by atoms with E-state index in [9.17, 15) is 0 Å². The molecule has 7 heteroatoms. The number of rotatable bonds is 5. The molecule has 0 amide bonds. The minimum absolute atomic E-state index is 0.303. The molecule has 2 aliphatic heterocycles. The Labute approximate surface area is 172 Å². The topological polar surface area (TPSA) is 70.4 Å². The first-order valence-corrected chi connectivity index (χ1v) is 10.5. The van der Waals surface area contributed by atoms with Gasteiger partial charge in [0.25, 0.3) is 0 Å². The van der Waals surface area contributed by atoms with E-state index in [-0.39, 0.29) is 0 Å². The Balaban J connectivity index is 1.33. The van der Waals surface area contributed by atoms with Crippen molar-refractivity contribution < 1.29 is 0 Å². The molecule has 2 aliphatic rings. The number of fused-ring (bicyclic) bond motifs is 1. The SMILES string of the molecule is CN=C(NCc1cccc(N2CC=CC2)c1)NC1CCc2nc(C(C)C)nn2C1. The van der Waals surface area contributed by atoms with Crippen molar-refractivity contribution in [3.8, 4) is 0 Å². The van der Waals surface area contributed by atoms with Crippen LogP contribution >= 0.6 is 0 Å². The van der Waals surface area contributed by atoms with Gasteiger partial charge in [-0.25, -0.2) is 9.67 Å². The lowest BCUT2D eigenvalue weighted by atomic mass is 10.1. The van der Waals surface area contributed by atoms with Crippen LogP contribution in [0.3, 0.4) is 0 Å². The molecule has 2 N–H and O–H groups in total. The first-order valence-electron chi connectivity index (χ1n) is 10.5. The summed E-state index contributed by atoms with van der Waals surface area (Å²) in [5.41, 5.74) is 2.52.